The number of aromatic nitrogens is 1. The highest BCUT2D eigenvalue weighted by Gasteiger charge is 2.23. The standard InChI is InChI=1S/C15H18N2O3S/c1-10-9-13(20-4)11(2)12(3)15(10)21(18,19)17-14-7-5-6-8-16-14/h5-9H,1-4H3,(H,16,17). The van der Waals surface area contributed by atoms with Gasteiger partial charge in [0.05, 0.1) is 12.0 Å². The average molecular weight is 306 g/mol. The summed E-state index contributed by atoms with van der Waals surface area (Å²) in [4.78, 5) is 4.26. The molecule has 5 nitrogen and oxygen atoms in total. The Labute approximate surface area is 125 Å². The minimum Gasteiger partial charge on any atom is -0.496 e. The Kier molecular flexibility index (Phi) is 4.18. The molecule has 2 rings (SSSR count). The lowest BCUT2D eigenvalue weighted by atomic mass is 10.1. The fourth-order valence-corrected chi connectivity index (χ4v) is 3.80. The highest BCUT2D eigenvalue weighted by molar-refractivity contribution is 7.92. The summed E-state index contributed by atoms with van der Waals surface area (Å²) in [5, 5.41) is 0. The monoisotopic (exact) mass is 306 g/mol. The van der Waals surface area contributed by atoms with Gasteiger partial charge in [-0.25, -0.2) is 13.4 Å². The summed E-state index contributed by atoms with van der Waals surface area (Å²) in [6.07, 6.45) is 1.54. The third-order valence-corrected chi connectivity index (χ3v) is 5.01. The number of methoxy groups -OCH3 is 1. The van der Waals surface area contributed by atoms with Gasteiger partial charge in [0.25, 0.3) is 10.0 Å². The summed E-state index contributed by atoms with van der Waals surface area (Å²) in [6, 6.07) is 6.80. The molecule has 1 aromatic heterocycles. The Bertz CT molecular complexity index is 756. The molecule has 0 aliphatic rings. The minimum absolute atomic E-state index is 0.270. The number of pyridine rings is 1. The number of nitrogens with zero attached hydrogens (tertiary/aromatic N) is 1. The number of benzene rings is 1. The van der Waals surface area contributed by atoms with Crippen LogP contribution in [0, 0.1) is 20.8 Å². The van der Waals surface area contributed by atoms with Crippen LogP contribution in [0.3, 0.4) is 0 Å². The molecule has 1 N–H and O–H groups in total. The molecule has 112 valence electrons. The quantitative estimate of drug-likeness (QED) is 0.943. The summed E-state index contributed by atoms with van der Waals surface area (Å²) >= 11 is 0. The maximum absolute atomic E-state index is 12.6. The highest BCUT2D eigenvalue weighted by Crippen LogP contribution is 2.31. The zero-order valence-corrected chi connectivity index (χ0v) is 13.3. The van der Waals surface area contributed by atoms with Crippen molar-refractivity contribution in [2.45, 2.75) is 25.7 Å². The van der Waals surface area contributed by atoms with Crippen LogP contribution in [-0.4, -0.2) is 20.5 Å². The smallest absolute Gasteiger partial charge is 0.263 e. The van der Waals surface area contributed by atoms with Crippen molar-refractivity contribution in [1.82, 2.24) is 4.98 Å². The maximum atomic E-state index is 12.6. The van der Waals surface area contributed by atoms with Crippen molar-refractivity contribution in [2.75, 3.05) is 11.8 Å². The van der Waals surface area contributed by atoms with Crippen molar-refractivity contribution in [3.8, 4) is 5.75 Å². The molecule has 0 atom stereocenters. The van der Waals surface area contributed by atoms with Gasteiger partial charge in [0.2, 0.25) is 0 Å². The number of aryl methyl sites for hydroxylation is 1. The van der Waals surface area contributed by atoms with Gasteiger partial charge in [-0.3, -0.25) is 4.72 Å². The van der Waals surface area contributed by atoms with Gasteiger partial charge in [0.1, 0.15) is 11.6 Å². The first-order chi connectivity index (χ1) is 9.86. The molecule has 6 heteroatoms. The number of hydrogen-bond acceptors (Lipinski definition) is 4. The normalized spacial score (nSPS) is 11.2. The number of anilines is 1. The third kappa shape index (κ3) is 3.00. The van der Waals surface area contributed by atoms with E-state index in [-0.39, 0.29) is 4.90 Å². The second kappa shape index (κ2) is 5.73. The molecule has 0 unspecified atom stereocenters. The molecule has 0 saturated heterocycles. The van der Waals surface area contributed by atoms with E-state index in [1.165, 1.54) is 6.20 Å². The van der Waals surface area contributed by atoms with Gasteiger partial charge in [-0.1, -0.05) is 6.07 Å². The summed E-state index contributed by atoms with van der Waals surface area (Å²) in [5.74, 6) is 0.978. The summed E-state index contributed by atoms with van der Waals surface area (Å²) < 4.78 is 33.0. The molecule has 21 heavy (non-hydrogen) atoms. The van der Waals surface area contributed by atoms with Crippen molar-refractivity contribution in [1.29, 1.82) is 0 Å². The zero-order chi connectivity index (χ0) is 15.6. The molecular weight excluding hydrogens is 288 g/mol. The first kappa shape index (κ1) is 15.3. The Morgan fingerprint density at radius 2 is 1.86 bits per heavy atom. The van der Waals surface area contributed by atoms with Gasteiger partial charge in [0, 0.05) is 6.20 Å². The van der Waals surface area contributed by atoms with Crippen molar-refractivity contribution >= 4 is 15.8 Å². The molecule has 0 aliphatic heterocycles. The molecule has 0 bridgehead atoms. The predicted octanol–water partition coefficient (Wildman–Crippen LogP) is 2.82. The van der Waals surface area contributed by atoms with Crippen LogP contribution in [0.2, 0.25) is 0 Å². The van der Waals surface area contributed by atoms with E-state index in [0.717, 1.165) is 5.56 Å². The molecule has 1 aromatic carbocycles. The van der Waals surface area contributed by atoms with E-state index in [1.54, 1.807) is 45.2 Å². The molecular formula is C15H18N2O3S. The number of rotatable bonds is 4. The molecule has 0 radical (unpaired) electrons. The van der Waals surface area contributed by atoms with E-state index in [2.05, 4.69) is 9.71 Å². The lowest BCUT2D eigenvalue weighted by molar-refractivity contribution is 0.410. The Balaban J connectivity index is 2.53. The van der Waals surface area contributed by atoms with Crippen LogP contribution in [0.4, 0.5) is 5.82 Å². The largest absolute Gasteiger partial charge is 0.496 e. The van der Waals surface area contributed by atoms with Gasteiger partial charge < -0.3 is 4.74 Å². The molecule has 1 heterocycles. The van der Waals surface area contributed by atoms with Gasteiger partial charge in [-0.05, 0) is 55.7 Å². The van der Waals surface area contributed by atoms with E-state index in [1.807, 2.05) is 6.92 Å². The van der Waals surface area contributed by atoms with Crippen molar-refractivity contribution in [2.24, 2.45) is 0 Å². The summed E-state index contributed by atoms with van der Waals surface area (Å²) in [7, 11) is -2.12. The molecule has 2 aromatic rings. The number of hydrogen-bond donors (Lipinski definition) is 1. The SMILES string of the molecule is COc1cc(C)c(S(=O)(=O)Nc2ccccn2)c(C)c1C. The van der Waals surface area contributed by atoms with E-state index in [9.17, 15) is 8.42 Å². The van der Waals surface area contributed by atoms with E-state index in [4.69, 9.17) is 4.74 Å². The Morgan fingerprint density at radius 3 is 2.43 bits per heavy atom. The summed E-state index contributed by atoms with van der Waals surface area (Å²) in [5.41, 5.74) is 2.12. The lowest BCUT2D eigenvalue weighted by Crippen LogP contribution is -2.17. The molecule has 0 amide bonds. The number of nitrogens with one attached hydrogen (secondary N) is 1. The molecule has 0 fully saturated rings. The molecule has 0 aliphatic carbocycles. The van der Waals surface area contributed by atoms with Crippen molar-refractivity contribution in [3.63, 3.8) is 0 Å². The van der Waals surface area contributed by atoms with Crippen LogP contribution in [0.5, 0.6) is 5.75 Å². The fourth-order valence-electron chi connectivity index (χ4n) is 2.26. The Morgan fingerprint density at radius 1 is 1.14 bits per heavy atom. The van der Waals surface area contributed by atoms with Crippen LogP contribution >= 0.6 is 0 Å². The van der Waals surface area contributed by atoms with Crippen LogP contribution in [0.15, 0.2) is 35.4 Å². The summed E-state index contributed by atoms with van der Waals surface area (Å²) in [6.45, 7) is 5.37. The van der Waals surface area contributed by atoms with Gasteiger partial charge >= 0.3 is 0 Å². The first-order valence-electron chi connectivity index (χ1n) is 6.45. The zero-order valence-electron chi connectivity index (χ0n) is 12.5. The first-order valence-corrected chi connectivity index (χ1v) is 7.93. The fraction of sp³-hybridized carbons (Fsp3) is 0.267. The second-order valence-corrected chi connectivity index (χ2v) is 6.41. The van der Waals surface area contributed by atoms with Gasteiger partial charge in [0.15, 0.2) is 0 Å². The van der Waals surface area contributed by atoms with E-state index in [0.29, 0.717) is 22.7 Å². The molecule has 0 saturated carbocycles. The third-order valence-electron chi connectivity index (χ3n) is 3.37. The average Bonchev–Trinajstić information content (AvgIpc) is 2.43. The van der Waals surface area contributed by atoms with Crippen LogP contribution in [0.1, 0.15) is 16.7 Å². The maximum Gasteiger partial charge on any atom is 0.263 e. The lowest BCUT2D eigenvalue weighted by Gasteiger charge is -2.16. The number of sulfonamides is 1. The predicted molar refractivity (Wildman–Crippen MR) is 82.3 cm³/mol. The van der Waals surface area contributed by atoms with Gasteiger partial charge in [-0.2, -0.15) is 0 Å². The topological polar surface area (TPSA) is 68.3 Å². The van der Waals surface area contributed by atoms with Crippen LogP contribution in [-0.2, 0) is 10.0 Å². The Hall–Kier alpha value is -2.08. The van der Waals surface area contributed by atoms with Crippen molar-refractivity contribution in [3.05, 3.63) is 47.2 Å². The highest BCUT2D eigenvalue weighted by atomic mass is 32.2. The van der Waals surface area contributed by atoms with E-state index >= 15 is 0 Å². The van der Waals surface area contributed by atoms with Crippen LogP contribution < -0.4 is 9.46 Å². The van der Waals surface area contributed by atoms with E-state index < -0.39 is 10.0 Å². The molecule has 0 spiro atoms. The minimum atomic E-state index is -3.69. The van der Waals surface area contributed by atoms with Crippen LogP contribution in [0.25, 0.3) is 0 Å². The van der Waals surface area contributed by atoms with Gasteiger partial charge in [-0.15, -0.1) is 0 Å². The number of ether oxygens (including phenoxy) is 1. The van der Waals surface area contributed by atoms with Crippen molar-refractivity contribution < 1.29 is 13.2 Å². The second-order valence-electron chi connectivity index (χ2n) is 4.80.